The first-order valence-corrected chi connectivity index (χ1v) is 24.2. The minimum Gasteiger partial charge on any atom is -0.465 e. The van der Waals surface area contributed by atoms with E-state index in [4.69, 9.17) is 18.9 Å². The molecule has 8 nitrogen and oxygen atoms in total. The number of ether oxygens (including phenoxy) is 4. The number of hydrogen-bond acceptors (Lipinski definition) is 8. The van der Waals surface area contributed by atoms with Crippen molar-refractivity contribution in [2.24, 2.45) is 52.3 Å². The fourth-order valence-electron chi connectivity index (χ4n) is 13.6. The van der Waals surface area contributed by atoms with Crippen LogP contribution < -0.4 is 0 Å². The van der Waals surface area contributed by atoms with Gasteiger partial charge in [0.15, 0.2) is 0 Å². The lowest BCUT2D eigenvalue weighted by Crippen LogP contribution is -2.54. The molecular formula is C54H76O8. The Kier molecular flexibility index (Phi) is 13.8. The minimum absolute atomic E-state index is 0.0823. The van der Waals surface area contributed by atoms with E-state index in [-0.39, 0.29) is 42.9 Å². The van der Waals surface area contributed by atoms with Crippen molar-refractivity contribution >= 4 is 23.9 Å². The predicted octanol–water partition coefficient (Wildman–Crippen LogP) is 12.2. The van der Waals surface area contributed by atoms with Gasteiger partial charge < -0.3 is 18.9 Å². The lowest BCUT2D eigenvalue weighted by atomic mass is 9.44. The van der Waals surface area contributed by atoms with Gasteiger partial charge in [0.1, 0.15) is 23.9 Å². The van der Waals surface area contributed by atoms with E-state index in [0.29, 0.717) is 29.6 Å². The summed E-state index contributed by atoms with van der Waals surface area (Å²) in [7, 11) is 0. The predicted molar refractivity (Wildman–Crippen MR) is 242 cm³/mol. The molecule has 0 amide bonds. The molecule has 0 aliphatic heterocycles. The lowest BCUT2D eigenvalue weighted by Gasteiger charge is -2.61. The van der Waals surface area contributed by atoms with Gasteiger partial charge in [0.05, 0.1) is 18.8 Å². The monoisotopic (exact) mass is 853 g/mol. The topological polar surface area (TPSA) is 105 Å². The molecule has 340 valence electrons. The molecule has 5 aliphatic rings. The number of esters is 4. The molecule has 0 aromatic heterocycles. The van der Waals surface area contributed by atoms with Crippen LogP contribution in [0.2, 0.25) is 0 Å². The first kappa shape index (κ1) is 46.3. The minimum atomic E-state index is -0.983. The van der Waals surface area contributed by atoms with Crippen LogP contribution in [-0.2, 0) is 38.1 Å². The second kappa shape index (κ2) is 18.4. The van der Waals surface area contributed by atoms with Gasteiger partial charge in [0, 0.05) is 12.3 Å². The summed E-state index contributed by atoms with van der Waals surface area (Å²) in [5, 5.41) is 0. The summed E-state index contributed by atoms with van der Waals surface area (Å²) in [6.07, 6.45) is 13.2. The molecular weight excluding hydrogens is 777 g/mol. The summed E-state index contributed by atoms with van der Waals surface area (Å²) < 4.78 is 23.4. The zero-order valence-corrected chi connectivity index (χ0v) is 39.4. The van der Waals surface area contributed by atoms with Gasteiger partial charge in [-0.3, -0.25) is 19.2 Å². The largest absolute Gasteiger partial charge is 0.465 e. The number of fused-ring (bicyclic) bond motifs is 8. The highest BCUT2D eigenvalue weighted by Gasteiger charge is 2.61. The maximum Gasteiger partial charge on any atom is 0.310 e. The quantitative estimate of drug-likeness (QED) is 0.105. The normalized spacial score (nSPS) is 30.1. The Morgan fingerprint density at radius 3 is 1.95 bits per heavy atom. The van der Waals surface area contributed by atoms with Gasteiger partial charge in [-0.15, -0.1) is 0 Å². The molecule has 2 aromatic rings. The van der Waals surface area contributed by atoms with Gasteiger partial charge in [-0.25, -0.2) is 0 Å². The molecule has 0 spiro atoms. The second-order valence-electron chi connectivity index (χ2n) is 22.6. The van der Waals surface area contributed by atoms with Crippen molar-refractivity contribution in [1.82, 2.24) is 0 Å². The second-order valence-corrected chi connectivity index (χ2v) is 22.6. The molecule has 0 bridgehead atoms. The summed E-state index contributed by atoms with van der Waals surface area (Å²) in [5.41, 5.74) is 3.97. The van der Waals surface area contributed by atoms with E-state index in [0.717, 1.165) is 78.5 Å². The van der Waals surface area contributed by atoms with Crippen molar-refractivity contribution < 1.29 is 38.1 Å². The molecule has 4 saturated carbocycles. The molecule has 4 fully saturated rings. The molecule has 5 unspecified atom stereocenters. The van der Waals surface area contributed by atoms with E-state index in [1.54, 1.807) is 20.8 Å². The van der Waals surface area contributed by atoms with E-state index >= 15 is 0 Å². The van der Waals surface area contributed by atoms with Crippen LogP contribution in [0.3, 0.4) is 0 Å². The number of hydrogen-bond donors (Lipinski definition) is 0. The molecule has 0 N–H and O–H groups in total. The van der Waals surface area contributed by atoms with Crippen molar-refractivity contribution in [3.05, 3.63) is 59.7 Å². The standard InChI is InChI=1S/C54H76O8/c1-34(16-10-15-21-47(55)61-51(2,3)4)44-24-25-45-42-23-22-36-32-37(26-28-53(36,8)46(42)27-29-54(44,45)9)60-50(58)35(31-49(57)62-52(5,6)7)30-48(56)59-33-43-40-19-13-11-17-38(40)39-18-12-14-20-41(39)43/h11-14,17-20,34-37,42-46H,10,15-16,21-33H2,1-9H3/t34-,35+,36?,37-,42?,44?,45?,46?,53+,54-/m1/s1. The van der Waals surface area contributed by atoms with E-state index in [9.17, 15) is 19.2 Å². The Morgan fingerprint density at radius 1 is 0.694 bits per heavy atom. The smallest absolute Gasteiger partial charge is 0.310 e. The molecule has 62 heavy (non-hydrogen) atoms. The number of unbranched alkanes of at least 4 members (excludes halogenated alkanes) is 1. The first-order valence-electron chi connectivity index (χ1n) is 24.2. The fourth-order valence-corrected chi connectivity index (χ4v) is 13.6. The molecule has 0 saturated heterocycles. The highest BCUT2D eigenvalue weighted by atomic mass is 16.6. The maximum atomic E-state index is 14.1. The highest BCUT2D eigenvalue weighted by molar-refractivity contribution is 5.85. The van der Waals surface area contributed by atoms with Crippen LogP contribution in [0.15, 0.2) is 48.5 Å². The molecule has 0 radical (unpaired) electrons. The summed E-state index contributed by atoms with van der Waals surface area (Å²) in [6.45, 7) is 19.0. The van der Waals surface area contributed by atoms with Crippen molar-refractivity contribution in [1.29, 1.82) is 0 Å². The van der Waals surface area contributed by atoms with Gasteiger partial charge in [-0.05, 0) is 174 Å². The average Bonchev–Trinajstić information content (AvgIpc) is 3.72. The summed E-state index contributed by atoms with van der Waals surface area (Å²) >= 11 is 0. The molecule has 5 aliphatic carbocycles. The van der Waals surface area contributed by atoms with Crippen molar-refractivity contribution in [3.63, 3.8) is 0 Å². The van der Waals surface area contributed by atoms with Gasteiger partial charge in [0.25, 0.3) is 0 Å². The Hall–Kier alpha value is -3.68. The summed E-state index contributed by atoms with van der Waals surface area (Å²) in [5.74, 6) is 1.35. The van der Waals surface area contributed by atoms with Gasteiger partial charge in [-0.1, -0.05) is 82.1 Å². The third kappa shape index (κ3) is 10.1. The lowest BCUT2D eigenvalue weighted by molar-refractivity contribution is -0.173. The average molecular weight is 853 g/mol. The van der Waals surface area contributed by atoms with E-state index < -0.39 is 35.0 Å². The van der Waals surface area contributed by atoms with E-state index in [2.05, 4.69) is 45.0 Å². The van der Waals surface area contributed by atoms with Crippen LogP contribution in [0.4, 0.5) is 0 Å². The van der Waals surface area contributed by atoms with Crippen LogP contribution >= 0.6 is 0 Å². The Labute approximate surface area is 372 Å². The molecule has 10 atom stereocenters. The Balaban J connectivity index is 0.939. The molecule has 0 heterocycles. The van der Waals surface area contributed by atoms with Crippen LogP contribution in [0.1, 0.15) is 176 Å². The molecule has 2 aromatic carbocycles. The van der Waals surface area contributed by atoms with Gasteiger partial charge in [-0.2, -0.15) is 0 Å². The first-order chi connectivity index (χ1) is 29.3. The van der Waals surface area contributed by atoms with Crippen molar-refractivity contribution in [2.45, 2.75) is 182 Å². The van der Waals surface area contributed by atoms with E-state index in [1.165, 1.54) is 38.5 Å². The Bertz CT molecular complexity index is 1890. The van der Waals surface area contributed by atoms with Crippen molar-refractivity contribution in [3.8, 4) is 11.1 Å². The molecule has 8 heteroatoms. The van der Waals surface area contributed by atoms with E-state index in [1.807, 2.05) is 45.0 Å². The number of carbonyl (C=O) groups is 4. The Morgan fingerprint density at radius 2 is 1.29 bits per heavy atom. The summed E-state index contributed by atoms with van der Waals surface area (Å²) in [4.78, 5) is 53.0. The van der Waals surface area contributed by atoms with Gasteiger partial charge >= 0.3 is 23.9 Å². The third-order valence-electron chi connectivity index (χ3n) is 16.3. The zero-order chi connectivity index (χ0) is 44.6. The zero-order valence-electron chi connectivity index (χ0n) is 39.4. The van der Waals surface area contributed by atoms with Crippen molar-refractivity contribution in [2.75, 3.05) is 6.61 Å². The highest BCUT2D eigenvalue weighted by Crippen LogP contribution is 2.68. The summed E-state index contributed by atoms with van der Waals surface area (Å²) in [6, 6.07) is 16.4. The molecule has 7 rings (SSSR count). The fraction of sp³-hybridized carbons (Fsp3) is 0.704. The number of rotatable bonds is 14. The van der Waals surface area contributed by atoms with Crippen LogP contribution in [0.5, 0.6) is 0 Å². The third-order valence-corrected chi connectivity index (χ3v) is 16.3. The van der Waals surface area contributed by atoms with Crippen LogP contribution in [-0.4, -0.2) is 47.8 Å². The van der Waals surface area contributed by atoms with Crippen LogP contribution in [0.25, 0.3) is 11.1 Å². The van der Waals surface area contributed by atoms with Crippen LogP contribution in [0, 0.1) is 52.3 Å². The maximum absolute atomic E-state index is 14.1. The van der Waals surface area contributed by atoms with Gasteiger partial charge in [0.2, 0.25) is 0 Å². The number of benzene rings is 2. The SMILES string of the molecule is C[C@H](CCCCC(=O)OC(C)(C)C)C1CCC2C3CCC4C[C@H](OC(=O)[C@@H](CC(=O)OCC5c6ccccc6-c6ccccc65)CC(=O)OC(C)(C)C)CC[C@]4(C)C3CC[C@@]21C. The number of carbonyl (C=O) groups excluding carboxylic acids is 4.